The van der Waals surface area contributed by atoms with Crippen molar-refractivity contribution in [2.75, 3.05) is 5.32 Å². The van der Waals surface area contributed by atoms with E-state index in [9.17, 15) is 4.79 Å². The van der Waals surface area contributed by atoms with Crippen LogP contribution in [0, 0.1) is 12.8 Å². The number of thiazole rings is 1. The van der Waals surface area contributed by atoms with Gasteiger partial charge in [0.25, 0.3) is 0 Å². The van der Waals surface area contributed by atoms with Gasteiger partial charge in [0.2, 0.25) is 5.91 Å². The highest BCUT2D eigenvalue weighted by Gasteiger charge is 2.05. The third kappa shape index (κ3) is 3.87. The van der Waals surface area contributed by atoms with Crippen molar-refractivity contribution in [3.63, 3.8) is 0 Å². The normalized spacial score (nSPS) is 10.6. The van der Waals surface area contributed by atoms with Gasteiger partial charge in [-0.2, -0.15) is 0 Å². The highest BCUT2D eigenvalue weighted by Crippen LogP contribution is 2.15. The number of hydrogen-bond donors (Lipinski definition) is 1. The molecule has 0 saturated heterocycles. The van der Waals surface area contributed by atoms with Gasteiger partial charge in [0.15, 0.2) is 5.13 Å². The fraction of sp³-hybridized carbons (Fsp3) is 0.600. The van der Waals surface area contributed by atoms with Crippen LogP contribution in [0.4, 0.5) is 5.13 Å². The van der Waals surface area contributed by atoms with Gasteiger partial charge in [-0.25, -0.2) is 4.98 Å². The number of aromatic nitrogens is 1. The molecule has 0 fully saturated rings. The van der Waals surface area contributed by atoms with E-state index >= 15 is 0 Å². The zero-order valence-electron chi connectivity index (χ0n) is 8.83. The Morgan fingerprint density at radius 3 is 2.86 bits per heavy atom. The first kappa shape index (κ1) is 11.2. The predicted molar refractivity (Wildman–Crippen MR) is 59.6 cm³/mol. The van der Waals surface area contributed by atoms with Crippen molar-refractivity contribution in [2.24, 2.45) is 5.92 Å². The van der Waals surface area contributed by atoms with Gasteiger partial charge in [-0.15, -0.1) is 11.3 Å². The molecule has 0 atom stereocenters. The number of hydrogen-bond acceptors (Lipinski definition) is 3. The van der Waals surface area contributed by atoms with Crippen LogP contribution >= 0.6 is 11.3 Å². The highest BCUT2D eigenvalue weighted by atomic mass is 32.1. The van der Waals surface area contributed by atoms with E-state index in [1.54, 1.807) is 0 Å². The number of anilines is 1. The molecular weight excluding hydrogens is 196 g/mol. The molecule has 1 aromatic rings. The lowest BCUT2D eigenvalue weighted by Gasteiger charge is -2.03. The third-order valence-electron chi connectivity index (χ3n) is 1.81. The van der Waals surface area contributed by atoms with E-state index in [4.69, 9.17) is 0 Å². The van der Waals surface area contributed by atoms with Crippen LogP contribution in [0.25, 0.3) is 0 Å². The summed E-state index contributed by atoms with van der Waals surface area (Å²) >= 11 is 1.47. The number of carbonyl (C=O) groups excluding carboxylic acids is 1. The Bertz CT molecular complexity index is 307. The molecule has 0 spiro atoms. The first-order valence-electron chi connectivity index (χ1n) is 4.80. The van der Waals surface area contributed by atoms with E-state index in [0.717, 1.165) is 12.1 Å². The van der Waals surface area contributed by atoms with E-state index < -0.39 is 0 Å². The molecule has 0 saturated carbocycles. The predicted octanol–water partition coefficient (Wildman–Crippen LogP) is 2.83. The summed E-state index contributed by atoms with van der Waals surface area (Å²) in [5, 5.41) is 5.42. The van der Waals surface area contributed by atoms with Gasteiger partial charge in [0, 0.05) is 11.8 Å². The largest absolute Gasteiger partial charge is 0.302 e. The van der Waals surface area contributed by atoms with Crippen molar-refractivity contribution < 1.29 is 4.79 Å². The topological polar surface area (TPSA) is 42.0 Å². The maximum Gasteiger partial charge on any atom is 0.226 e. The van der Waals surface area contributed by atoms with Crippen molar-refractivity contribution in [1.82, 2.24) is 4.98 Å². The molecule has 0 radical (unpaired) electrons. The van der Waals surface area contributed by atoms with Crippen molar-refractivity contribution >= 4 is 22.4 Å². The minimum atomic E-state index is 0.0630. The molecule has 1 rings (SSSR count). The van der Waals surface area contributed by atoms with Crippen molar-refractivity contribution in [1.29, 1.82) is 0 Å². The summed E-state index contributed by atoms with van der Waals surface area (Å²) in [6.45, 7) is 6.14. The Labute approximate surface area is 88.6 Å². The summed E-state index contributed by atoms with van der Waals surface area (Å²) in [4.78, 5) is 15.5. The van der Waals surface area contributed by atoms with E-state index in [-0.39, 0.29) is 5.91 Å². The summed E-state index contributed by atoms with van der Waals surface area (Å²) < 4.78 is 0. The summed E-state index contributed by atoms with van der Waals surface area (Å²) in [6.07, 6.45) is 1.51. The number of amides is 1. The fourth-order valence-electron chi connectivity index (χ4n) is 1.01. The van der Waals surface area contributed by atoms with Crippen molar-refractivity contribution in [3.8, 4) is 0 Å². The second-order valence-electron chi connectivity index (χ2n) is 3.77. The molecule has 0 aromatic carbocycles. The Morgan fingerprint density at radius 2 is 2.36 bits per heavy atom. The zero-order valence-corrected chi connectivity index (χ0v) is 9.65. The van der Waals surface area contributed by atoms with Gasteiger partial charge >= 0.3 is 0 Å². The number of aryl methyl sites for hydroxylation is 1. The van der Waals surface area contributed by atoms with E-state index in [1.807, 2.05) is 12.3 Å². The van der Waals surface area contributed by atoms with Crippen molar-refractivity contribution in [2.45, 2.75) is 33.6 Å². The lowest BCUT2D eigenvalue weighted by Crippen LogP contribution is -2.11. The first-order chi connectivity index (χ1) is 6.58. The molecular formula is C10H16N2OS. The molecule has 0 aliphatic rings. The average molecular weight is 212 g/mol. The van der Waals surface area contributed by atoms with Gasteiger partial charge in [-0.05, 0) is 19.3 Å². The highest BCUT2D eigenvalue weighted by molar-refractivity contribution is 7.13. The summed E-state index contributed by atoms with van der Waals surface area (Å²) in [6, 6.07) is 0. The van der Waals surface area contributed by atoms with Crippen LogP contribution in [-0.2, 0) is 4.79 Å². The number of rotatable bonds is 4. The molecule has 1 amide bonds. The fourth-order valence-corrected chi connectivity index (χ4v) is 1.72. The second-order valence-corrected chi connectivity index (χ2v) is 4.63. The standard InChI is InChI=1S/C10H16N2OS/c1-7(2)4-5-9(13)12-10-11-8(3)6-14-10/h6-7H,4-5H2,1-3H3,(H,11,12,13). The van der Waals surface area contributed by atoms with E-state index in [0.29, 0.717) is 17.5 Å². The van der Waals surface area contributed by atoms with Gasteiger partial charge in [-0.3, -0.25) is 4.79 Å². The molecule has 1 N–H and O–H groups in total. The SMILES string of the molecule is Cc1csc(NC(=O)CCC(C)C)n1. The Hall–Kier alpha value is -0.900. The number of nitrogens with one attached hydrogen (secondary N) is 1. The minimum Gasteiger partial charge on any atom is -0.302 e. The molecule has 0 unspecified atom stereocenters. The maximum absolute atomic E-state index is 11.4. The first-order valence-corrected chi connectivity index (χ1v) is 5.68. The van der Waals surface area contributed by atoms with E-state index in [2.05, 4.69) is 24.1 Å². The zero-order chi connectivity index (χ0) is 10.6. The molecule has 0 aliphatic carbocycles. The van der Waals surface area contributed by atoms with Gasteiger partial charge in [0.05, 0.1) is 5.69 Å². The molecule has 78 valence electrons. The second kappa shape index (κ2) is 5.10. The van der Waals surface area contributed by atoms with Crippen LogP contribution in [0.3, 0.4) is 0 Å². The summed E-state index contributed by atoms with van der Waals surface area (Å²) in [5.74, 6) is 0.631. The molecule has 4 heteroatoms. The van der Waals surface area contributed by atoms with Crippen LogP contribution in [0.1, 0.15) is 32.4 Å². The van der Waals surface area contributed by atoms with Crippen LogP contribution < -0.4 is 5.32 Å². The minimum absolute atomic E-state index is 0.0630. The summed E-state index contributed by atoms with van der Waals surface area (Å²) in [7, 11) is 0. The Morgan fingerprint density at radius 1 is 1.64 bits per heavy atom. The molecule has 14 heavy (non-hydrogen) atoms. The quantitative estimate of drug-likeness (QED) is 0.833. The maximum atomic E-state index is 11.4. The lowest BCUT2D eigenvalue weighted by molar-refractivity contribution is -0.116. The van der Waals surface area contributed by atoms with Crippen molar-refractivity contribution in [3.05, 3.63) is 11.1 Å². The van der Waals surface area contributed by atoms with Crippen LogP contribution in [-0.4, -0.2) is 10.9 Å². The average Bonchev–Trinajstić information content (AvgIpc) is 2.48. The Balaban J connectivity index is 2.34. The molecule has 0 aliphatic heterocycles. The van der Waals surface area contributed by atoms with Crippen LogP contribution in [0.2, 0.25) is 0 Å². The van der Waals surface area contributed by atoms with Crippen LogP contribution in [0.15, 0.2) is 5.38 Å². The summed E-state index contributed by atoms with van der Waals surface area (Å²) in [5.41, 5.74) is 0.953. The lowest BCUT2D eigenvalue weighted by atomic mass is 10.1. The molecule has 3 nitrogen and oxygen atoms in total. The molecule has 1 aromatic heterocycles. The van der Waals surface area contributed by atoms with Crippen LogP contribution in [0.5, 0.6) is 0 Å². The van der Waals surface area contributed by atoms with E-state index in [1.165, 1.54) is 11.3 Å². The number of carbonyl (C=O) groups is 1. The molecule has 0 bridgehead atoms. The smallest absolute Gasteiger partial charge is 0.226 e. The number of nitrogens with zero attached hydrogens (tertiary/aromatic N) is 1. The Kier molecular flexibility index (Phi) is 4.07. The van der Waals surface area contributed by atoms with Gasteiger partial charge in [0.1, 0.15) is 0 Å². The third-order valence-corrected chi connectivity index (χ3v) is 2.69. The monoisotopic (exact) mass is 212 g/mol. The molecule has 1 heterocycles. The van der Waals surface area contributed by atoms with Gasteiger partial charge in [-0.1, -0.05) is 13.8 Å². The van der Waals surface area contributed by atoms with Gasteiger partial charge < -0.3 is 5.32 Å².